The highest BCUT2D eigenvalue weighted by Crippen LogP contribution is 2.32. The van der Waals surface area contributed by atoms with Crippen LogP contribution in [0.2, 0.25) is 0 Å². The Morgan fingerprint density at radius 2 is 1.95 bits per heavy atom. The lowest BCUT2D eigenvalue weighted by Gasteiger charge is -2.35. The highest BCUT2D eigenvalue weighted by atomic mass is 16.3. The number of phenols is 1. The predicted octanol–water partition coefficient (Wildman–Crippen LogP) is 1.83. The minimum atomic E-state index is -0.180. The van der Waals surface area contributed by atoms with Crippen LogP contribution >= 0.6 is 0 Å². The number of piperidine rings is 1. The number of aromatic hydroxyl groups is 1. The van der Waals surface area contributed by atoms with Crippen LogP contribution in [-0.2, 0) is 11.2 Å². The van der Waals surface area contributed by atoms with Crippen LogP contribution in [0, 0.1) is 5.41 Å². The maximum atomic E-state index is 12.4. The van der Waals surface area contributed by atoms with Crippen molar-refractivity contribution >= 4 is 5.91 Å². The van der Waals surface area contributed by atoms with Gasteiger partial charge >= 0.3 is 0 Å². The molecule has 1 aliphatic rings. The third-order valence-electron chi connectivity index (χ3n) is 4.35. The summed E-state index contributed by atoms with van der Waals surface area (Å²) in [6, 6.07) is 7.14. The maximum Gasteiger partial charge on any atom is 0.226 e. The van der Waals surface area contributed by atoms with Gasteiger partial charge in [-0.3, -0.25) is 4.79 Å². The zero-order valence-corrected chi connectivity index (χ0v) is 12.1. The van der Waals surface area contributed by atoms with Gasteiger partial charge in [0.15, 0.2) is 0 Å². The first-order chi connectivity index (χ1) is 9.66. The van der Waals surface area contributed by atoms with Crippen molar-refractivity contribution in [3.05, 3.63) is 29.8 Å². The molecule has 0 bridgehead atoms. The standard InChI is InChI=1S/C16H24N2O2/c1-2-16(8-11-17-12-9-16)15(20)18-10-7-13-3-5-14(19)6-4-13/h3-6,17,19H,2,7-12H2,1H3,(H,18,20). The Bertz CT molecular complexity index is 436. The monoisotopic (exact) mass is 276 g/mol. The molecule has 1 saturated heterocycles. The molecule has 3 N–H and O–H groups in total. The van der Waals surface area contributed by atoms with E-state index in [9.17, 15) is 9.90 Å². The number of nitrogens with one attached hydrogen (secondary N) is 2. The Hall–Kier alpha value is -1.55. The smallest absolute Gasteiger partial charge is 0.226 e. The minimum Gasteiger partial charge on any atom is -0.508 e. The Balaban J connectivity index is 1.83. The van der Waals surface area contributed by atoms with E-state index in [4.69, 9.17) is 0 Å². The molecular formula is C16H24N2O2. The van der Waals surface area contributed by atoms with Crippen molar-refractivity contribution in [2.24, 2.45) is 5.41 Å². The molecule has 0 unspecified atom stereocenters. The molecule has 4 heteroatoms. The summed E-state index contributed by atoms with van der Waals surface area (Å²) < 4.78 is 0. The first-order valence-electron chi connectivity index (χ1n) is 7.43. The minimum absolute atomic E-state index is 0.180. The van der Waals surface area contributed by atoms with Crippen LogP contribution in [0.5, 0.6) is 5.75 Å². The van der Waals surface area contributed by atoms with Gasteiger partial charge in [0.05, 0.1) is 5.41 Å². The predicted molar refractivity (Wildman–Crippen MR) is 79.6 cm³/mol. The molecule has 2 rings (SSSR count). The van der Waals surface area contributed by atoms with Gasteiger partial charge in [0.25, 0.3) is 0 Å². The highest BCUT2D eigenvalue weighted by Gasteiger charge is 2.37. The summed E-state index contributed by atoms with van der Waals surface area (Å²) in [4.78, 5) is 12.4. The average Bonchev–Trinajstić information content (AvgIpc) is 2.50. The van der Waals surface area contributed by atoms with E-state index in [1.165, 1.54) is 0 Å². The molecule has 1 fully saturated rings. The molecule has 4 nitrogen and oxygen atoms in total. The van der Waals surface area contributed by atoms with Crippen LogP contribution in [0.4, 0.5) is 0 Å². The largest absolute Gasteiger partial charge is 0.508 e. The summed E-state index contributed by atoms with van der Waals surface area (Å²) >= 11 is 0. The van der Waals surface area contributed by atoms with Crippen molar-refractivity contribution in [1.29, 1.82) is 0 Å². The van der Waals surface area contributed by atoms with Gasteiger partial charge < -0.3 is 15.7 Å². The number of carbonyl (C=O) groups is 1. The summed E-state index contributed by atoms with van der Waals surface area (Å²) in [7, 11) is 0. The van der Waals surface area contributed by atoms with Crippen LogP contribution in [0.1, 0.15) is 31.7 Å². The van der Waals surface area contributed by atoms with Gasteiger partial charge in [0.2, 0.25) is 5.91 Å². The fourth-order valence-electron chi connectivity index (χ4n) is 2.82. The topological polar surface area (TPSA) is 61.4 Å². The van der Waals surface area contributed by atoms with Crippen molar-refractivity contribution in [1.82, 2.24) is 10.6 Å². The van der Waals surface area contributed by atoms with E-state index in [2.05, 4.69) is 17.6 Å². The lowest BCUT2D eigenvalue weighted by molar-refractivity contribution is -0.132. The lowest BCUT2D eigenvalue weighted by atomic mass is 9.76. The number of amides is 1. The second kappa shape index (κ2) is 6.75. The first kappa shape index (κ1) is 14.9. The van der Waals surface area contributed by atoms with Gasteiger partial charge in [-0.1, -0.05) is 19.1 Å². The second-order valence-electron chi connectivity index (χ2n) is 5.56. The number of hydrogen-bond acceptors (Lipinski definition) is 3. The normalized spacial score (nSPS) is 17.6. The molecule has 1 amide bonds. The number of rotatable bonds is 5. The third-order valence-corrected chi connectivity index (χ3v) is 4.35. The molecule has 110 valence electrons. The third kappa shape index (κ3) is 3.51. The number of benzene rings is 1. The zero-order chi connectivity index (χ0) is 14.4. The van der Waals surface area contributed by atoms with Gasteiger partial charge in [-0.15, -0.1) is 0 Å². The summed E-state index contributed by atoms with van der Waals surface area (Å²) in [5.74, 6) is 0.470. The number of carbonyl (C=O) groups excluding carboxylic acids is 1. The zero-order valence-electron chi connectivity index (χ0n) is 12.1. The fraction of sp³-hybridized carbons (Fsp3) is 0.562. The van der Waals surface area contributed by atoms with E-state index in [1.54, 1.807) is 12.1 Å². The molecule has 1 aliphatic heterocycles. The molecular weight excluding hydrogens is 252 g/mol. The Morgan fingerprint density at radius 3 is 2.55 bits per heavy atom. The van der Waals surface area contributed by atoms with Crippen LogP contribution in [-0.4, -0.2) is 30.6 Å². The van der Waals surface area contributed by atoms with Crippen molar-refractivity contribution in [3.8, 4) is 5.75 Å². The van der Waals surface area contributed by atoms with Crippen molar-refractivity contribution in [2.45, 2.75) is 32.6 Å². The van der Waals surface area contributed by atoms with Gasteiger partial charge in [-0.2, -0.15) is 0 Å². The summed E-state index contributed by atoms with van der Waals surface area (Å²) in [5.41, 5.74) is 0.944. The van der Waals surface area contributed by atoms with E-state index >= 15 is 0 Å². The average molecular weight is 276 g/mol. The molecule has 1 heterocycles. The van der Waals surface area contributed by atoms with Gasteiger partial charge in [-0.05, 0) is 56.5 Å². The van der Waals surface area contributed by atoms with Crippen LogP contribution in [0.15, 0.2) is 24.3 Å². The Kier molecular flexibility index (Phi) is 5.01. The van der Waals surface area contributed by atoms with Crippen molar-refractivity contribution < 1.29 is 9.90 Å². The van der Waals surface area contributed by atoms with E-state index in [0.29, 0.717) is 6.54 Å². The Labute approximate surface area is 120 Å². The van der Waals surface area contributed by atoms with Gasteiger partial charge in [0.1, 0.15) is 5.75 Å². The Morgan fingerprint density at radius 1 is 1.30 bits per heavy atom. The summed E-state index contributed by atoms with van der Waals surface area (Å²) in [6.07, 6.45) is 3.55. The van der Waals surface area contributed by atoms with Crippen molar-refractivity contribution in [3.63, 3.8) is 0 Å². The van der Waals surface area contributed by atoms with E-state index < -0.39 is 0 Å². The maximum absolute atomic E-state index is 12.4. The quantitative estimate of drug-likeness (QED) is 0.769. The number of hydrogen-bond donors (Lipinski definition) is 3. The molecule has 0 saturated carbocycles. The summed E-state index contributed by atoms with van der Waals surface area (Å²) in [5, 5.41) is 15.6. The molecule has 20 heavy (non-hydrogen) atoms. The second-order valence-corrected chi connectivity index (χ2v) is 5.56. The van der Waals surface area contributed by atoms with E-state index in [0.717, 1.165) is 44.3 Å². The van der Waals surface area contributed by atoms with E-state index in [1.807, 2.05) is 12.1 Å². The van der Waals surface area contributed by atoms with Crippen molar-refractivity contribution in [2.75, 3.05) is 19.6 Å². The summed E-state index contributed by atoms with van der Waals surface area (Å²) in [6.45, 7) is 4.61. The fourth-order valence-corrected chi connectivity index (χ4v) is 2.82. The molecule has 0 radical (unpaired) electrons. The molecule has 0 spiro atoms. The number of phenolic OH excluding ortho intramolecular Hbond substituents is 1. The SMILES string of the molecule is CCC1(C(=O)NCCc2ccc(O)cc2)CCNCC1. The first-order valence-corrected chi connectivity index (χ1v) is 7.43. The molecule has 0 aromatic heterocycles. The van der Waals surface area contributed by atoms with Gasteiger partial charge in [0, 0.05) is 6.54 Å². The lowest BCUT2D eigenvalue weighted by Crippen LogP contribution is -2.47. The van der Waals surface area contributed by atoms with E-state index in [-0.39, 0.29) is 17.1 Å². The molecule has 0 atom stereocenters. The van der Waals surface area contributed by atoms with Crippen LogP contribution < -0.4 is 10.6 Å². The highest BCUT2D eigenvalue weighted by molar-refractivity contribution is 5.82. The van der Waals surface area contributed by atoms with Gasteiger partial charge in [-0.25, -0.2) is 0 Å². The van der Waals surface area contributed by atoms with Crippen LogP contribution in [0.3, 0.4) is 0 Å². The molecule has 0 aliphatic carbocycles. The molecule has 1 aromatic rings. The van der Waals surface area contributed by atoms with Crippen LogP contribution in [0.25, 0.3) is 0 Å². The molecule has 1 aromatic carbocycles.